The fraction of sp³-hybridized carbons (Fsp3) is 0.300. The van der Waals surface area contributed by atoms with Gasteiger partial charge in [0.2, 0.25) is 5.91 Å². The van der Waals surface area contributed by atoms with E-state index in [0.717, 1.165) is 5.56 Å². The molecule has 0 bridgehead atoms. The van der Waals surface area contributed by atoms with Crippen LogP contribution < -0.4 is 10.0 Å². The van der Waals surface area contributed by atoms with Gasteiger partial charge in [0.1, 0.15) is 11.9 Å². The van der Waals surface area contributed by atoms with Crippen LogP contribution in [0.2, 0.25) is 5.02 Å². The van der Waals surface area contributed by atoms with Gasteiger partial charge in [-0.25, -0.2) is 8.42 Å². The van der Waals surface area contributed by atoms with Gasteiger partial charge in [0, 0.05) is 17.1 Å². The number of nitrogens with one attached hydrogen (secondary N) is 2. The van der Waals surface area contributed by atoms with Crippen molar-refractivity contribution in [2.45, 2.75) is 31.2 Å². The van der Waals surface area contributed by atoms with E-state index in [-0.39, 0.29) is 22.6 Å². The van der Waals surface area contributed by atoms with E-state index in [4.69, 9.17) is 11.6 Å². The van der Waals surface area contributed by atoms with Crippen molar-refractivity contribution in [1.29, 1.82) is 0 Å². The number of hydrogen-bond acceptors (Lipinski definition) is 4. The number of amides is 1. The number of nitrogens with zero attached hydrogens (tertiary/aromatic N) is 1. The van der Waals surface area contributed by atoms with Gasteiger partial charge in [-0.2, -0.15) is 0 Å². The Balaban J connectivity index is 1.73. The molecule has 0 aromatic heterocycles. The van der Waals surface area contributed by atoms with E-state index in [1.807, 2.05) is 32.0 Å². The third-order valence-electron chi connectivity index (χ3n) is 4.43. The molecule has 0 aliphatic carbocycles. The Bertz CT molecular complexity index is 1020. The summed E-state index contributed by atoms with van der Waals surface area (Å²) >= 11 is 5.98. The molecule has 2 aromatic carbocycles. The zero-order valence-electron chi connectivity index (χ0n) is 15.6. The Labute approximate surface area is 170 Å². The lowest BCUT2D eigenvalue weighted by Gasteiger charge is -2.17. The number of halogens is 1. The van der Waals surface area contributed by atoms with Crippen LogP contribution in [0.15, 0.2) is 58.4 Å². The van der Waals surface area contributed by atoms with E-state index in [1.54, 1.807) is 24.3 Å². The maximum atomic E-state index is 12.7. The van der Waals surface area contributed by atoms with Crippen molar-refractivity contribution in [2.24, 2.45) is 10.9 Å². The highest BCUT2D eigenvalue weighted by Gasteiger charge is 2.32. The van der Waals surface area contributed by atoms with Gasteiger partial charge in [0.05, 0.1) is 4.90 Å². The van der Waals surface area contributed by atoms with Gasteiger partial charge in [-0.05, 0) is 42.2 Å². The first-order chi connectivity index (χ1) is 13.3. The van der Waals surface area contributed by atoms with Crippen LogP contribution in [-0.4, -0.2) is 32.7 Å². The van der Waals surface area contributed by atoms with E-state index in [0.29, 0.717) is 23.6 Å². The quantitative estimate of drug-likeness (QED) is 0.754. The molecule has 0 spiro atoms. The molecule has 6 nitrogen and oxygen atoms in total. The van der Waals surface area contributed by atoms with E-state index in [1.165, 1.54) is 6.07 Å². The lowest BCUT2D eigenvalue weighted by atomic mass is 10.0. The van der Waals surface area contributed by atoms with Crippen molar-refractivity contribution in [2.75, 3.05) is 6.54 Å². The average molecular weight is 420 g/mol. The highest BCUT2D eigenvalue weighted by Crippen LogP contribution is 2.23. The molecular formula is C20H22ClN3O3S. The van der Waals surface area contributed by atoms with Crippen LogP contribution in [0, 0.1) is 5.92 Å². The number of carbonyl (C=O) groups is 1. The molecule has 3 rings (SSSR count). The molecule has 0 saturated carbocycles. The van der Waals surface area contributed by atoms with Gasteiger partial charge < -0.3 is 5.32 Å². The van der Waals surface area contributed by atoms with Crippen LogP contribution in [0.5, 0.6) is 0 Å². The fourth-order valence-electron chi connectivity index (χ4n) is 3.01. The topological polar surface area (TPSA) is 87.6 Å². The van der Waals surface area contributed by atoms with Crippen molar-refractivity contribution in [3.63, 3.8) is 0 Å². The number of benzene rings is 2. The van der Waals surface area contributed by atoms with E-state index in [2.05, 4.69) is 15.0 Å². The SMILES string of the molecule is CC(C)[C@H](N=C1NS(=O)(=O)c2ccccc21)C(=O)NCCc1cccc(Cl)c1. The second-order valence-electron chi connectivity index (χ2n) is 6.94. The zero-order chi connectivity index (χ0) is 20.3. The molecular weight excluding hydrogens is 398 g/mol. The summed E-state index contributed by atoms with van der Waals surface area (Å²) in [4.78, 5) is 17.3. The Morgan fingerprint density at radius 1 is 1.18 bits per heavy atom. The van der Waals surface area contributed by atoms with Gasteiger partial charge in [0.25, 0.3) is 10.0 Å². The van der Waals surface area contributed by atoms with E-state index >= 15 is 0 Å². The van der Waals surface area contributed by atoms with Gasteiger partial charge in [0.15, 0.2) is 0 Å². The second kappa shape index (κ2) is 8.32. The molecule has 148 valence electrons. The third-order valence-corrected chi connectivity index (χ3v) is 6.07. The maximum Gasteiger partial charge on any atom is 0.263 e. The lowest BCUT2D eigenvalue weighted by Crippen LogP contribution is -2.39. The van der Waals surface area contributed by atoms with E-state index < -0.39 is 16.1 Å². The summed E-state index contributed by atoms with van der Waals surface area (Å²) in [6, 6.07) is 13.4. The second-order valence-corrected chi connectivity index (χ2v) is 9.03. The van der Waals surface area contributed by atoms with Crippen LogP contribution in [0.4, 0.5) is 0 Å². The monoisotopic (exact) mass is 419 g/mol. The van der Waals surface area contributed by atoms with Crippen LogP contribution in [0.25, 0.3) is 0 Å². The summed E-state index contributed by atoms with van der Waals surface area (Å²) in [6.07, 6.45) is 0.642. The molecule has 0 saturated heterocycles. The van der Waals surface area contributed by atoms with Crippen LogP contribution in [0.3, 0.4) is 0 Å². The molecule has 8 heteroatoms. The number of rotatable bonds is 6. The summed E-state index contributed by atoms with van der Waals surface area (Å²) in [6.45, 7) is 4.19. The predicted octanol–water partition coefficient (Wildman–Crippen LogP) is 2.76. The van der Waals surface area contributed by atoms with Gasteiger partial charge >= 0.3 is 0 Å². The number of amidine groups is 1. The first-order valence-corrected chi connectivity index (χ1v) is 10.9. The van der Waals surface area contributed by atoms with Crippen LogP contribution in [-0.2, 0) is 21.2 Å². The summed E-state index contributed by atoms with van der Waals surface area (Å²) in [5.41, 5.74) is 1.51. The van der Waals surface area contributed by atoms with Crippen LogP contribution >= 0.6 is 11.6 Å². The summed E-state index contributed by atoms with van der Waals surface area (Å²) < 4.78 is 26.9. The number of fused-ring (bicyclic) bond motifs is 1. The number of carbonyl (C=O) groups excluding carboxylic acids is 1. The Kier molecular flexibility index (Phi) is 6.05. The third kappa shape index (κ3) is 4.54. The molecule has 2 N–H and O–H groups in total. The lowest BCUT2D eigenvalue weighted by molar-refractivity contribution is -0.123. The molecule has 28 heavy (non-hydrogen) atoms. The molecule has 1 amide bonds. The molecule has 0 radical (unpaired) electrons. The summed E-state index contributed by atoms with van der Waals surface area (Å²) in [5.74, 6) is -0.136. The predicted molar refractivity (Wildman–Crippen MR) is 110 cm³/mol. The molecule has 1 aliphatic heterocycles. The molecule has 0 fully saturated rings. The minimum Gasteiger partial charge on any atom is -0.354 e. The maximum absolute atomic E-state index is 12.7. The Morgan fingerprint density at radius 3 is 2.64 bits per heavy atom. The van der Waals surface area contributed by atoms with Crippen LogP contribution in [0.1, 0.15) is 25.0 Å². The van der Waals surface area contributed by atoms with E-state index in [9.17, 15) is 13.2 Å². The molecule has 1 atom stereocenters. The number of aliphatic imine (C=N–C) groups is 1. The van der Waals surface area contributed by atoms with Gasteiger partial charge in [-0.3, -0.25) is 14.5 Å². The summed E-state index contributed by atoms with van der Waals surface area (Å²) in [5, 5.41) is 3.54. The molecule has 0 unspecified atom stereocenters. The van der Waals surface area contributed by atoms with Crippen molar-refractivity contribution in [1.82, 2.24) is 10.0 Å². The Morgan fingerprint density at radius 2 is 1.93 bits per heavy atom. The zero-order valence-corrected chi connectivity index (χ0v) is 17.2. The largest absolute Gasteiger partial charge is 0.354 e. The standard InChI is InChI=1S/C20H22ClN3O3S/c1-13(2)18(20(25)22-11-10-14-6-5-7-15(21)12-14)23-19-16-8-3-4-9-17(16)28(26,27)24-19/h3-9,12-13,18H,10-11H2,1-2H3,(H,22,25)(H,23,24)/t18-/m0/s1. The van der Waals surface area contributed by atoms with Crippen molar-refractivity contribution in [3.05, 3.63) is 64.7 Å². The van der Waals surface area contributed by atoms with Crippen molar-refractivity contribution in [3.8, 4) is 0 Å². The molecule has 1 aliphatic rings. The normalized spacial score (nSPS) is 17.2. The fourth-order valence-corrected chi connectivity index (χ4v) is 4.46. The number of hydrogen-bond donors (Lipinski definition) is 2. The Hall–Kier alpha value is -2.38. The smallest absolute Gasteiger partial charge is 0.263 e. The first kappa shape index (κ1) is 20.4. The minimum atomic E-state index is -3.63. The minimum absolute atomic E-state index is 0.101. The van der Waals surface area contributed by atoms with Crippen molar-refractivity contribution >= 4 is 33.4 Å². The molecule has 1 heterocycles. The highest BCUT2D eigenvalue weighted by atomic mass is 35.5. The average Bonchev–Trinajstić information content (AvgIpc) is 2.90. The summed E-state index contributed by atoms with van der Waals surface area (Å²) in [7, 11) is -3.63. The van der Waals surface area contributed by atoms with Gasteiger partial charge in [-0.15, -0.1) is 0 Å². The van der Waals surface area contributed by atoms with Crippen molar-refractivity contribution < 1.29 is 13.2 Å². The highest BCUT2D eigenvalue weighted by molar-refractivity contribution is 7.90. The number of sulfonamides is 1. The molecule has 2 aromatic rings. The van der Waals surface area contributed by atoms with Gasteiger partial charge in [-0.1, -0.05) is 49.7 Å². The first-order valence-electron chi connectivity index (χ1n) is 9.00.